The highest BCUT2D eigenvalue weighted by Crippen LogP contribution is 2.21. The molecule has 0 fully saturated rings. The van der Waals surface area contributed by atoms with Crippen LogP contribution in [0.3, 0.4) is 0 Å². The second kappa shape index (κ2) is 6.43. The summed E-state index contributed by atoms with van der Waals surface area (Å²) in [6.45, 7) is 6.05. The van der Waals surface area contributed by atoms with Crippen molar-refractivity contribution in [1.29, 1.82) is 0 Å². The van der Waals surface area contributed by atoms with Gasteiger partial charge in [0, 0.05) is 12.3 Å². The summed E-state index contributed by atoms with van der Waals surface area (Å²) in [6.07, 6.45) is 2.39. The first kappa shape index (κ1) is 13.8. The molecule has 1 aromatic rings. The topological polar surface area (TPSA) is 26.3 Å². The summed E-state index contributed by atoms with van der Waals surface area (Å²) in [5, 5.41) is 0. The molecule has 0 amide bonds. The molecule has 0 heterocycles. The Labute approximate surface area is 104 Å². The van der Waals surface area contributed by atoms with Crippen LogP contribution in [0, 0.1) is 12.8 Å². The molecule has 1 rings (SSSR count). The van der Waals surface area contributed by atoms with E-state index >= 15 is 0 Å². The second-order valence-electron chi connectivity index (χ2n) is 4.43. The fraction of sp³-hybridized carbons (Fsp3) is 0.533. The third-order valence-electron chi connectivity index (χ3n) is 3.24. The number of hydrogen-bond donors (Lipinski definition) is 0. The van der Waals surface area contributed by atoms with Crippen LogP contribution in [0.25, 0.3) is 0 Å². The predicted octanol–water partition coefficient (Wildman–Crippen LogP) is 3.55. The number of Topliss-reactive ketones (excluding diaryl/α,β-unsaturated/α-hetero) is 1. The number of carbonyl (C=O) groups is 1. The minimum absolute atomic E-state index is 0.160. The molecule has 2 heteroatoms. The molecule has 1 atom stereocenters. The maximum atomic E-state index is 11.7. The highest BCUT2D eigenvalue weighted by atomic mass is 16.5. The number of ketones is 1. The minimum atomic E-state index is 0.160. The lowest BCUT2D eigenvalue weighted by Gasteiger charge is -2.14. The maximum absolute atomic E-state index is 11.7. The number of aryl methyl sites for hydroxylation is 1. The van der Waals surface area contributed by atoms with Crippen molar-refractivity contribution in [2.45, 2.75) is 40.0 Å². The first-order chi connectivity index (χ1) is 8.12. The summed E-state index contributed by atoms with van der Waals surface area (Å²) in [7, 11) is 1.68. The van der Waals surface area contributed by atoms with Crippen LogP contribution in [-0.2, 0) is 11.2 Å². The van der Waals surface area contributed by atoms with E-state index in [9.17, 15) is 4.79 Å². The average Bonchev–Trinajstić information content (AvgIpc) is 2.35. The molecule has 0 radical (unpaired) electrons. The molecular weight excluding hydrogens is 212 g/mol. The molecular formula is C15H22O2. The molecule has 0 N–H and O–H groups in total. The highest BCUT2D eigenvalue weighted by molar-refractivity contribution is 5.80. The van der Waals surface area contributed by atoms with Gasteiger partial charge >= 0.3 is 0 Å². The van der Waals surface area contributed by atoms with E-state index in [-0.39, 0.29) is 5.92 Å². The molecule has 0 spiro atoms. The Bertz CT molecular complexity index is 383. The molecule has 0 aliphatic rings. The Kier molecular flexibility index (Phi) is 5.20. The molecule has 0 saturated carbocycles. The normalized spacial score (nSPS) is 12.2. The van der Waals surface area contributed by atoms with Gasteiger partial charge in [0.1, 0.15) is 11.5 Å². The van der Waals surface area contributed by atoms with Crippen molar-refractivity contribution in [2.24, 2.45) is 5.92 Å². The third kappa shape index (κ3) is 3.58. The van der Waals surface area contributed by atoms with Crippen molar-refractivity contribution < 1.29 is 9.53 Å². The summed E-state index contributed by atoms with van der Waals surface area (Å²) in [5.74, 6) is 1.43. The average molecular weight is 234 g/mol. The van der Waals surface area contributed by atoms with Crippen LogP contribution >= 0.6 is 0 Å². The largest absolute Gasteiger partial charge is 0.496 e. The van der Waals surface area contributed by atoms with Crippen LogP contribution in [-0.4, -0.2) is 12.9 Å². The number of carbonyl (C=O) groups excluding carboxylic acids is 1. The first-order valence-electron chi connectivity index (χ1n) is 6.28. The van der Waals surface area contributed by atoms with E-state index in [1.165, 1.54) is 5.56 Å². The fourth-order valence-electron chi connectivity index (χ4n) is 2.13. The van der Waals surface area contributed by atoms with Gasteiger partial charge in [-0.3, -0.25) is 4.79 Å². The summed E-state index contributed by atoms with van der Waals surface area (Å²) in [4.78, 5) is 11.7. The Morgan fingerprint density at radius 2 is 2.06 bits per heavy atom. The van der Waals surface area contributed by atoms with Crippen LogP contribution in [0.1, 0.15) is 37.8 Å². The summed E-state index contributed by atoms with van der Waals surface area (Å²) < 4.78 is 5.23. The van der Waals surface area contributed by atoms with E-state index in [1.54, 1.807) is 7.11 Å². The van der Waals surface area contributed by atoms with Crippen molar-refractivity contribution in [3.8, 4) is 5.75 Å². The number of benzene rings is 1. The Hall–Kier alpha value is -1.31. The lowest BCUT2D eigenvalue weighted by molar-refractivity contribution is -0.122. The van der Waals surface area contributed by atoms with Gasteiger partial charge in [-0.2, -0.15) is 0 Å². The molecule has 2 nitrogen and oxygen atoms in total. The SMILES string of the molecule is CCC(=O)C(CC)Cc1ccc(OC)c(C)c1. The van der Waals surface area contributed by atoms with Gasteiger partial charge in [-0.05, 0) is 37.0 Å². The molecule has 94 valence electrons. The second-order valence-corrected chi connectivity index (χ2v) is 4.43. The van der Waals surface area contributed by atoms with E-state index < -0.39 is 0 Å². The van der Waals surface area contributed by atoms with Gasteiger partial charge in [-0.25, -0.2) is 0 Å². The number of rotatable bonds is 6. The van der Waals surface area contributed by atoms with Crippen LogP contribution < -0.4 is 4.74 Å². The van der Waals surface area contributed by atoms with Gasteiger partial charge in [0.05, 0.1) is 7.11 Å². The molecule has 0 aliphatic carbocycles. The van der Waals surface area contributed by atoms with Crippen molar-refractivity contribution >= 4 is 5.78 Å². The predicted molar refractivity (Wildman–Crippen MR) is 70.5 cm³/mol. The van der Waals surface area contributed by atoms with Crippen LogP contribution in [0.4, 0.5) is 0 Å². The highest BCUT2D eigenvalue weighted by Gasteiger charge is 2.15. The van der Waals surface area contributed by atoms with E-state index in [1.807, 2.05) is 19.9 Å². The van der Waals surface area contributed by atoms with Gasteiger partial charge < -0.3 is 4.74 Å². The molecule has 1 aromatic carbocycles. The van der Waals surface area contributed by atoms with Crippen molar-refractivity contribution in [1.82, 2.24) is 0 Å². The van der Waals surface area contributed by atoms with Gasteiger partial charge in [0.2, 0.25) is 0 Å². The Morgan fingerprint density at radius 3 is 2.53 bits per heavy atom. The minimum Gasteiger partial charge on any atom is -0.496 e. The molecule has 0 bridgehead atoms. The van der Waals surface area contributed by atoms with Gasteiger partial charge in [0.25, 0.3) is 0 Å². The lowest BCUT2D eigenvalue weighted by atomic mass is 9.91. The number of methoxy groups -OCH3 is 1. The smallest absolute Gasteiger partial charge is 0.136 e. The summed E-state index contributed by atoms with van der Waals surface area (Å²) in [5.41, 5.74) is 2.35. The van der Waals surface area contributed by atoms with Gasteiger partial charge in [-0.1, -0.05) is 26.0 Å². The van der Waals surface area contributed by atoms with E-state index in [2.05, 4.69) is 19.1 Å². The van der Waals surface area contributed by atoms with E-state index in [4.69, 9.17) is 4.74 Å². The standard InChI is InChI=1S/C15H22O2/c1-5-13(14(16)6-2)10-12-7-8-15(17-4)11(3)9-12/h7-9,13H,5-6,10H2,1-4H3. The third-order valence-corrected chi connectivity index (χ3v) is 3.24. The molecule has 17 heavy (non-hydrogen) atoms. The van der Waals surface area contributed by atoms with E-state index in [0.717, 1.165) is 24.2 Å². The van der Waals surface area contributed by atoms with Gasteiger partial charge in [-0.15, -0.1) is 0 Å². The molecule has 0 saturated heterocycles. The van der Waals surface area contributed by atoms with Crippen LogP contribution in [0.5, 0.6) is 5.75 Å². The Morgan fingerprint density at radius 1 is 1.35 bits per heavy atom. The lowest BCUT2D eigenvalue weighted by Crippen LogP contribution is -2.15. The van der Waals surface area contributed by atoms with Crippen LogP contribution in [0.15, 0.2) is 18.2 Å². The molecule has 1 unspecified atom stereocenters. The van der Waals surface area contributed by atoms with Crippen LogP contribution in [0.2, 0.25) is 0 Å². The van der Waals surface area contributed by atoms with Crippen molar-refractivity contribution in [3.63, 3.8) is 0 Å². The summed E-state index contributed by atoms with van der Waals surface area (Å²) in [6, 6.07) is 6.15. The maximum Gasteiger partial charge on any atom is 0.136 e. The molecule has 0 aromatic heterocycles. The van der Waals surface area contributed by atoms with Crippen molar-refractivity contribution in [2.75, 3.05) is 7.11 Å². The zero-order valence-corrected chi connectivity index (χ0v) is 11.2. The van der Waals surface area contributed by atoms with Crippen molar-refractivity contribution in [3.05, 3.63) is 29.3 Å². The number of ether oxygens (including phenoxy) is 1. The first-order valence-corrected chi connectivity index (χ1v) is 6.28. The van der Waals surface area contributed by atoms with E-state index in [0.29, 0.717) is 12.2 Å². The monoisotopic (exact) mass is 234 g/mol. The fourth-order valence-corrected chi connectivity index (χ4v) is 2.13. The summed E-state index contributed by atoms with van der Waals surface area (Å²) >= 11 is 0. The zero-order valence-electron chi connectivity index (χ0n) is 11.2. The Balaban J connectivity index is 2.80. The molecule has 0 aliphatic heterocycles. The van der Waals surface area contributed by atoms with Gasteiger partial charge in [0.15, 0.2) is 0 Å². The number of hydrogen-bond acceptors (Lipinski definition) is 2. The zero-order chi connectivity index (χ0) is 12.8. The quantitative estimate of drug-likeness (QED) is 0.752.